The van der Waals surface area contributed by atoms with Crippen LogP contribution in [0, 0.1) is 6.92 Å². The van der Waals surface area contributed by atoms with Gasteiger partial charge in [-0.2, -0.15) is 0 Å². The number of hydrogen-bond donors (Lipinski definition) is 2. The summed E-state index contributed by atoms with van der Waals surface area (Å²) < 4.78 is 3.26. The van der Waals surface area contributed by atoms with E-state index in [9.17, 15) is 9.59 Å². The Kier molecular flexibility index (Phi) is 5.44. The van der Waals surface area contributed by atoms with Crippen molar-refractivity contribution in [2.75, 3.05) is 5.32 Å². The zero-order valence-electron chi connectivity index (χ0n) is 16.6. The lowest BCUT2D eigenvalue weighted by Gasteiger charge is -2.09. The minimum absolute atomic E-state index is 0.273. The van der Waals surface area contributed by atoms with Gasteiger partial charge in [-0.1, -0.05) is 41.6 Å². The second kappa shape index (κ2) is 8.04. The number of carbonyl (C=O) groups is 1. The average molecular weight is 442 g/mol. The van der Waals surface area contributed by atoms with Crippen LogP contribution in [0.1, 0.15) is 12.6 Å². The molecule has 0 bridgehead atoms. The summed E-state index contributed by atoms with van der Waals surface area (Å²) in [5.41, 5.74) is 2.99. The van der Waals surface area contributed by atoms with E-state index >= 15 is 0 Å². The average Bonchev–Trinajstić information content (AvgIpc) is 3.21. The van der Waals surface area contributed by atoms with Crippen LogP contribution in [0.4, 0.5) is 5.69 Å². The molecule has 30 heavy (non-hydrogen) atoms. The Morgan fingerprint density at radius 1 is 1.23 bits per heavy atom. The van der Waals surface area contributed by atoms with E-state index < -0.39 is 5.25 Å². The maximum Gasteiger partial charge on any atom is 0.295 e. The summed E-state index contributed by atoms with van der Waals surface area (Å²) in [6, 6.07) is 14.7. The summed E-state index contributed by atoms with van der Waals surface area (Å²) in [4.78, 5) is 33.4. The second-order valence-electron chi connectivity index (χ2n) is 6.89. The number of aromatic nitrogens is 4. The normalized spacial score (nSPS) is 12.3. The van der Waals surface area contributed by atoms with Gasteiger partial charge in [-0.15, -0.1) is 0 Å². The number of nitrogens with zero attached hydrogens (tertiary/aromatic N) is 3. The zero-order valence-corrected chi connectivity index (χ0v) is 18.2. The van der Waals surface area contributed by atoms with Gasteiger partial charge >= 0.3 is 0 Å². The van der Waals surface area contributed by atoms with Crippen LogP contribution >= 0.6 is 23.4 Å². The van der Waals surface area contributed by atoms with Crippen molar-refractivity contribution in [2.24, 2.45) is 7.05 Å². The number of hydrogen-bond acceptors (Lipinski definition) is 4. The van der Waals surface area contributed by atoms with Crippen molar-refractivity contribution in [1.82, 2.24) is 19.3 Å². The number of H-pyrrole nitrogens is 1. The Bertz CT molecular complexity index is 1290. The quantitative estimate of drug-likeness (QED) is 0.456. The van der Waals surface area contributed by atoms with Crippen molar-refractivity contribution < 1.29 is 4.79 Å². The number of amides is 1. The number of para-hydroxylation sites is 1. The Morgan fingerprint density at radius 2 is 1.97 bits per heavy atom. The molecule has 9 heteroatoms. The smallest absolute Gasteiger partial charge is 0.295 e. The maximum atomic E-state index is 13.0. The van der Waals surface area contributed by atoms with Gasteiger partial charge in [0.1, 0.15) is 5.69 Å². The first kappa shape index (κ1) is 20.3. The highest BCUT2D eigenvalue weighted by Gasteiger charge is 2.22. The van der Waals surface area contributed by atoms with E-state index in [0.717, 1.165) is 16.7 Å². The van der Waals surface area contributed by atoms with Crippen LogP contribution in [-0.2, 0) is 11.8 Å². The number of fused-ring (bicyclic) bond motifs is 1. The number of benzene rings is 2. The molecular formula is C21H20ClN5O2S. The Morgan fingerprint density at radius 3 is 2.70 bits per heavy atom. The highest BCUT2D eigenvalue weighted by Crippen LogP contribution is 2.26. The summed E-state index contributed by atoms with van der Waals surface area (Å²) in [6.45, 7) is 3.57. The first-order valence-electron chi connectivity index (χ1n) is 9.32. The monoisotopic (exact) mass is 441 g/mol. The minimum Gasteiger partial charge on any atom is -0.333 e. The van der Waals surface area contributed by atoms with Gasteiger partial charge in [0.25, 0.3) is 5.56 Å². The molecule has 2 aromatic carbocycles. The number of nitrogens with one attached hydrogen (secondary N) is 2. The number of thioether (sulfide) groups is 1. The van der Waals surface area contributed by atoms with Gasteiger partial charge in [-0.25, -0.2) is 9.67 Å². The molecular weight excluding hydrogens is 422 g/mol. The third-order valence-corrected chi connectivity index (χ3v) is 6.10. The first-order valence-corrected chi connectivity index (χ1v) is 10.6. The summed E-state index contributed by atoms with van der Waals surface area (Å²) in [6.07, 6.45) is 0. The van der Waals surface area contributed by atoms with Crippen molar-refractivity contribution in [3.63, 3.8) is 0 Å². The first-order chi connectivity index (χ1) is 14.3. The molecule has 2 aromatic heterocycles. The molecule has 0 aliphatic rings. The molecule has 2 N–H and O–H groups in total. The van der Waals surface area contributed by atoms with E-state index in [1.54, 1.807) is 37.7 Å². The fraction of sp³-hybridized carbons (Fsp3) is 0.190. The van der Waals surface area contributed by atoms with Gasteiger partial charge in [0.2, 0.25) is 5.91 Å². The van der Waals surface area contributed by atoms with E-state index in [0.29, 0.717) is 15.9 Å². The Balaban J connectivity index is 1.55. The number of halogens is 1. The second-order valence-corrected chi connectivity index (χ2v) is 8.66. The van der Waals surface area contributed by atoms with Crippen LogP contribution in [0.2, 0.25) is 5.02 Å². The molecule has 0 saturated carbocycles. The predicted molar refractivity (Wildman–Crippen MR) is 121 cm³/mol. The highest BCUT2D eigenvalue weighted by atomic mass is 35.5. The lowest BCUT2D eigenvalue weighted by Crippen LogP contribution is -2.27. The van der Waals surface area contributed by atoms with Crippen molar-refractivity contribution in [1.29, 1.82) is 0 Å². The molecule has 0 radical (unpaired) electrons. The molecule has 0 aliphatic carbocycles. The standard InChI is InChI=1S/C21H20ClN5O2S/c1-12-18(20(29)27(26(12)3)15-7-5-4-6-8-15)25-19(28)13(2)30-21-23-16-10-9-14(22)11-17(16)24-21/h4-11,13H,1-3H3,(H,23,24)(H,25,28). The maximum absolute atomic E-state index is 13.0. The molecule has 1 amide bonds. The molecule has 0 fully saturated rings. The summed E-state index contributed by atoms with van der Waals surface area (Å²) in [5.74, 6) is -0.274. The molecule has 154 valence electrons. The van der Waals surface area contributed by atoms with Crippen LogP contribution in [0.3, 0.4) is 0 Å². The molecule has 4 aromatic rings. The van der Waals surface area contributed by atoms with Crippen LogP contribution in [-0.4, -0.2) is 30.5 Å². The Labute approximate surface area is 182 Å². The van der Waals surface area contributed by atoms with E-state index in [1.165, 1.54) is 16.4 Å². The van der Waals surface area contributed by atoms with Crippen LogP contribution < -0.4 is 10.9 Å². The molecule has 0 saturated heterocycles. The summed E-state index contributed by atoms with van der Waals surface area (Å²) in [7, 11) is 1.79. The van der Waals surface area contributed by atoms with Gasteiger partial charge in [0.15, 0.2) is 5.16 Å². The number of carbonyl (C=O) groups excluding carboxylic acids is 1. The van der Waals surface area contributed by atoms with E-state index in [1.807, 2.05) is 36.4 Å². The van der Waals surface area contributed by atoms with Crippen LogP contribution in [0.5, 0.6) is 0 Å². The predicted octanol–water partition coefficient (Wildman–Crippen LogP) is 4.13. The van der Waals surface area contributed by atoms with Crippen LogP contribution in [0.25, 0.3) is 16.7 Å². The van der Waals surface area contributed by atoms with E-state index in [2.05, 4.69) is 15.3 Å². The van der Waals surface area contributed by atoms with Crippen molar-refractivity contribution in [3.05, 3.63) is 69.6 Å². The lowest BCUT2D eigenvalue weighted by atomic mass is 10.3. The Hall–Kier alpha value is -2.97. The topological polar surface area (TPSA) is 84.7 Å². The minimum atomic E-state index is -0.467. The third-order valence-electron chi connectivity index (χ3n) is 4.88. The molecule has 1 atom stereocenters. The fourth-order valence-corrected chi connectivity index (χ4v) is 4.17. The fourth-order valence-electron chi connectivity index (χ4n) is 3.17. The molecule has 7 nitrogen and oxygen atoms in total. The van der Waals surface area contributed by atoms with Gasteiger partial charge in [0, 0.05) is 12.1 Å². The molecule has 2 heterocycles. The lowest BCUT2D eigenvalue weighted by molar-refractivity contribution is -0.115. The summed E-state index contributed by atoms with van der Waals surface area (Å²) in [5, 5.41) is 3.55. The molecule has 1 unspecified atom stereocenters. The highest BCUT2D eigenvalue weighted by molar-refractivity contribution is 8.00. The number of aromatic amines is 1. The number of anilines is 1. The largest absolute Gasteiger partial charge is 0.333 e. The van der Waals surface area contributed by atoms with Crippen molar-refractivity contribution >= 4 is 46.0 Å². The van der Waals surface area contributed by atoms with Crippen molar-refractivity contribution in [2.45, 2.75) is 24.3 Å². The van der Waals surface area contributed by atoms with Gasteiger partial charge in [-0.05, 0) is 44.2 Å². The third kappa shape index (κ3) is 3.76. The molecule has 0 aliphatic heterocycles. The SMILES string of the molecule is Cc1c(NC(=O)C(C)Sc2nc3ccc(Cl)cc3[nH]2)c(=O)n(-c2ccccc2)n1C. The molecule has 4 rings (SSSR count). The van der Waals surface area contributed by atoms with Gasteiger partial charge in [-0.3, -0.25) is 14.3 Å². The van der Waals surface area contributed by atoms with Crippen LogP contribution in [0.15, 0.2) is 58.5 Å². The van der Waals surface area contributed by atoms with Gasteiger partial charge < -0.3 is 10.3 Å². The van der Waals surface area contributed by atoms with E-state index in [4.69, 9.17) is 11.6 Å². The summed E-state index contributed by atoms with van der Waals surface area (Å²) >= 11 is 7.29. The number of rotatable bonds is 5. The molecule has 0 spiro atoms. The van der Waals surface area contributed by atoms with Gasteiger partial charge in [0.05, 0.1) is 27.7 Å². The zero-order chi connectivity index (χ0) is 21.4. The number of imidazole rings is 1. The van der Waals surface area contributed by atoms with E-state index in [-0.39, 0.29) is 17.2 Å². The van der Waals surface area contributed by atoms with Crippen molar-refractivity contribution in [3.8, 4) is 5.69 Å².